The Hall–Kier alpha value is -4.02. The third kappa shape index (κ3) is 5.26. The van der Waals surface area contributed by atoms with E-state index in [1.54, 1.807) is 0 Å². The molecule has 0 N–H and O–H groups in total. The fourth-order valence-corrected chi connectivity index (χ4v) is 7.80. The number of hydrogen-bond donors (Lipinski definition) is 0. The van der Waals surface area contributed by atoms with Gasteiger partial charge in [-0.3, -0.25) is 0 Å². The lowest BCUT2D eigenvalue weighted by Crippen LogP contribution is -2.62. The third-order valence-electron chi connectivity index (χ3n) is 10.0. The molecule has 0 aromatic heterocycles. The van der Waals surface area contributed by atoms with Crippen molar-refractivity contribution in [3.63, 3.8) is 0 Å². The van der Waals surface area contributed by atoms with Crippen molar-refractivity contribution >= 4 is 72.7 Å². The van der Waals surface area contributed by atoms with Crippen LogP contribution in [-0.4, -0.2) is 17.0 Å². The van der Waals surface area contributed by atoms with E-state index in [-0.39, 0.29) is 23.0 Å². The highest BCUT2D eigenvalue weighted by Gasteiger charge is 2.44. The standard InChI is InChI=1S/C43H46BN2Si/c1-27-23-38-40-39(24-27)46(35-14-12-11-13-32(35)43(8,9)10)37-22-20-31(47)26-34(37)44(40)33-25-29(42(5,6)7)17-21-36(33)45(38)30-18-15-28(16-19-30)41(2,3)4/h11-26H,1-10H3. The summed E-state index contributed by atoms with van der Waals surface area (Å²) in [4.78, 5) is 5.07. The van der Waals surface area contributed by atoms with E-state index < -0.39 is 0 Å². The fraction of sp³-hybridized carbons (Fsp3) is 0.302. The maximum Gasteiger partial charge on any atom is 0.252 e. The Bertz CT molecular complexity index is 2020. The molecule has 0 aliphatic carbocycles. The summed E-state index contributed by atoms with van der Waals surface area (Å²) in [6.07, 6.45) is 0. The van der Waals surface area contributed by atoms with Crippen molar-refractivity contribution in [3.05, 3.63) is 119 Å². The Morgan fingerprint density at radius 3 is 1.70 bits per heavy atom. The molecule has 5 aromatic carbocycles. The van der Waals surface area contributed by atoms with Crippen molar-refractivity contribution in [2.75, 3.05) is 9.80 Å². The lowest BCUT2D eigenvalue weighted by Gasteiger charge is -2.45. The van der Waals surface area contributed by atoms with Crippen LogP contribution in [0.25, 0.3) is 0 Å². The molecule has 2 nitrogen and oxygen atoms in total. The van der Waals surface area contributed by atoms with Gasteiger partial charge in [-0.1, -0.05) is 122 Å². The van der Waals surface area contributed by atoms with E-state index in [1.165, 1.54) is 72.8 Å². The van der Waals surface area contributed by atoms with Gasteiger partial charge in [0.15, 0.2) is 0 Å². The quantitative estimate of drug-likeness (QED) is 0.177. The Balaban J connectivity index is 1.59. The zero-order valence-electron chi connectivity index (χ0n) is 29.7. The highest BCUT2D eigenvalue weighted by Crippen LogP contribution is 2.47. The second kappa shape index (κ2) is 10.8. The summed E-state index contributed by atoms with van der Waals surface area (Å²) in [5, 5.41) is 1.10. The molecular weight excluding hydrogens is 583 g/mol. The van der Waals surface area contributed by atoms with Crippen LogP contribution < -0.4 is 31.4 Å². The fourth-order valence-electron chi connectivity index (χ4n) is 7.56. The summed E-state index contributed by atoms with van der Waals surface area (Å²) >= 11 is 0. The first kappa shape index (κ1) is 31.6. The second-order valence-electron chi connectivity index (χ2n) is 16.7. The van der Waals surface area contributed by atoms with Crippen molar-refractivity contribution in [2.24, 2.45) is 0 Å². The van der Waals surface area contributed by atoms with Gasteiger partial charge in [-0.25, -0.2) is 0 Å². The van der Waals surface area contributed by atoms with Gasteiger partial charge in [-0.05, 0) is 104 Å². The Labute approximate surface area is 286 Å². The minimum absolute atomic E-state index is 0.0245. The maximum atomic E-state index is 3.95. The van der Waals surface area contributed by atoms with Crippen LogP contribution in [0.1, 0.15) is 84.6 Å². The molecule has 0 spiro atoms. The molecule has 2 heterocycles. The van der Waals surface area contributed by atoms with E-state index in [0.29, 0.717) is 0 Å². The Kier molecular flexibility index (Phi) is 7.22. The zero-order valence-corrected chi connectivity index (χ0v) is 30.7. The Morgan fingerprint density at radius 1 is 0.511 bits per heavy atom. The number of nitrogens with zero attached hydrogens (tertiary/aromatic N) is 2. The smallest absolute Gasteiger partial charge is 0.252 e. The Morgan fingerprint density at radius 2 is 1.06 bits per heavy atom. The van der Waals surface area contributed by atoms with E-state index in [1.807, 2.05) is 0 Å². The summed E-state index contributed by atoms with van der Waals surface area (Å²) in [7, 11) is 3.95. The van der Waals surface area contributed by atoms with Gasteiger partial charge in [0.05, 0.1) is 10.2 Å². The minimum Gasteiger partial charge on any atom is -0.311 e. The molecule has 0 bridgehead atoms. The summed E-state index contributed by atoms with van der Waals surface area (Å²) in [6, 6.07) is 37.1. The van der Waals surface area contributed by atoms with Gasteiger partial charge in [0.1, 0.15) is 0 Å². The van der Waals surface area contributed by atoms with Gasteiger partial charge in [0.2, 0.25) is 0 Å². The van der Waals surface area contributed by atoms with Crippen LogP contribution in [0, 0.1) is 6.92 Å². The average molecular weight is 630 g/mol. The van der Waals surface area contributed by atoms with E-state index in [9.17, 15) is 0 Å². The number of para-hydroxylation sites is 1. The molecular formula is C43H46BN2Si. The number of anilines is 6. The van der Waals surface area contributed by atoms with Crippen molar-refractivity contribution in [3.8, 4) is 0 Å². The van der Waals surface area contributed by atoms with Crippen LogP contribution in [0.4, 0.5) is 34.1 Å². The normalized spacial score (nSPS) is 14.1. The van der Waals surface area contributed by atoms with Crippen molar-refractivity contribution in [1.82, 2.24) is 0 Å². The third-order valence-corrected chi connectivity index (χ3v) is 10.3. The summed E-state index contributed by atoms with van der Waals surface area (Å²) < 4.78 is 0. The van der Waals surface area contributed by atoms with Crippen molar-refractivity contribution < 1.29 is 0 Å². The number of aryl methyl sites for hydroxylation is 1. The van der Waals surface area contributed by atoms with Gasteiger partial charge in [0, 0.05) is 34.1 Å². The number of fused-ring (bicyclic) bond motifs is 4. The van der Waals surface area contributed by atoms with Crippen LogP contribution in [-0.2, 0) is 16.2 Å². The molecule has 4 heteroatoms. The molecule has 7 rings (SSSR count). The molecule has 0 fully saturated rings. The van der Waals surface area contributed by atoms with Crippen LogP contribution in [0.15, 0.2) is 97.1 Å². The second-order valence-corrected chi connectivity index (χ2v) is 17.3. The monoisotopic (exact) mass is 629 g/mol. The van der Waals surface area contributed by atoms with Crippen LogP contribution >= 0.6 is 0 Å². The van der Waals surface area contributed by atoms with Gasteiger partial charge >= 0.3 is 0 Å². The SMILES string of the molecule is Cc1cc2c3c(c1)N(c1ccccc1C(C)(C)C)c1ccc([Si])cc1B3c1cc(C(C)(C)C)ccc1N2c1ccc(C(C)(C)C)cc1. The van der Waals surface area contributed by atoms with E-state index in [2.05, 4.69) is 186 Å². The molecule has 47 heavy (non-hydrogen) atoms. The molecule has 235 valence electrons. The number of benzene rings is 5. The number of hydrogen-bond acceptors (Lipinski definition) is 2. The van der Waals surface area contributed by atoms with Gasteiger partial charge in [-0.15, -0.1) is 0 Å². The first-order chi connectivity index (χ1) is 22.0. The molecule has 0 amide bonds. The van der Waals surface area contributed by atoms with E-state index in [4.69, 9.17) is 0 Å². The average Bonchev–Trinajstić information content (AvgIpc) is 2.99. The summed E-state index contributed by atoms with van der Waals surface area (Å²) in [5.74, 6) is 0. The van der Waals surface area contributed by atoms with Crippen molar-refractivity contribution in [2.45, 2.75) is 85.5 Å². The van der Waals surface area contributed by atoms with Gasteiger partial charge in [0.25, 0.3) is 6.71 Å². The summed E-state index contributed by atoms with van der Waals surface area (Å²) in [5.41, 5.74) is 16.9. The van der Waals surface area contributed by atoms with Crippen LogP contribution in [0.2, 0.25) is 0 Å². The summed E-state index contributed by atoms with van der Waals surface area (Å²) in [6.45, 7) is 23.1. The zero-order chi connectivity index (χ0) is 33.6. The first-order valence-corrected chi connectivity index (χ1v) is 17.5. The molecule has 0 unspecified atom stereocenters. The molecule has 0 atom stereocenters. The highest BCUT2D eigenvalue weighted by molar-refractivity contribution is 7.00. The molecule has 2 aliphatic rings. The van der Waals surface area contributed by atoms with Gasteiger partial charge in [-0.2, -0.15) is 0 Å². The lowest BCUT2D eigenvalue weighted by atomic mass is 9.33. The molecule has 2 aliphatic heterocycles. The van der Waals surface area contributed by atoms with Crippen molar-refractivity contribution in [1.29, 1.82) is 0 Å². The highest BCUT2D eigenvalue weighted by atomic mass is 28.1. The predicted octanol–water partition coefficient (Wildman–Crippen LogP) is 8.76. The van der Waals surface area contributed by atoms with Crippen LogP contribution in [0.5, 0.6) is 0 Å². The molecule has 5 aromatic rings. The van der Waals surface area contributed by atoms with Crippen LogP contribution in [0.3, 0.4) is 0 Å². The van der Waals surface area contributed by atoms with E-state index in [0.717, 1.165) is 5.19 Å². The lowest BCUT2D eigenvalue weighted by molar-refractivity contribution is 0.590. The largest absolute Gasteiger partial charge is 0.311 e. The maximum absolute atomic E-state index is 3.95. The van der Waals surface area contributed by atoms with Gasteiger partial charge < -0.3 is 9.80 Å². The molecule has 3 radical (unpaired) electrons. The number of rotatable bonds is 2. The minimum atomic E-state index is -0.0262. The van der Waals surface area contributed by atoms with E-state index >= 15 is 0 Å². The first-order valence-electron chi connectivity index (χ1n) is 17.0. The molecule has 0 saturated heterocycles. The molecule has 0 saturated carbocycles. The predicted molar refractivity (Wildman–Crippen MR) is 207 cm³/mol. The topological polar surface area (TPSA) is 6.48 Å².